The lowest BCUT2D eigenvalue weighted by Crippen LogP contribution is -2.10. The molecule has 2 heterocycles. The third-order valence-electron chi connectivity index (χ3n) is 15.3. The van der Waals surface area contributed by atoms with Crippen LogP contribution in [0.5, 0.6) is 0 Å². The van der Waals surface area contributed by atoms with Crippen LogP contribution in [0.3, 0.4) is 0 Å². The van der Waals surface area contributed by atoms with Gasteiger partial charge in [0.25, 0.3) is 0 Å². The number of aromatic nitrogens is 2. The van der Waals surface area contributed by atoms with Crippen LogP contribution in [0.25, 0.3) is 103 Å². The van der Waals surface area contributed by atoms with Crippen LogP contribution in [0.15, 0.2) is 279 Å². The largest absolute Gasteiger partial charge is 0.310 e. The highest BCUT2D eigenvalue weighted by atomic mass is 15.1. The predicted octanol–water partition coefficient (Wildman–Crippen LogP) is 19.7. The minimum absolute atomic E-state index is 0.990. The molecule has 13 aromatic carbocycles. The van der Waals surface area contributed by atoms with E-state index in [1.807, 2.05) is 12.3 Å². The second kappa shape index (κ2) is 17.3. The lowest BCUT2D eigenvalue weighted by atomic mass is 9.90. The second-order valence-electron chi connectivity index (χ2n) is 19.6. The molecule has 4 nitrogen and oxygen atoms in total. The van der Waals surface area contributed by atoms with E-state index in [-0.39, 0.29) is 0 Å². The van der Waals surface area contributed by atoms with Gasteiger partial charge in [-0.1, -0.05) is 152 Å². The van der Waals surface area contributed by atoms with Crippen LogP contribution in [0.1, 0.15) is 0 Å². The average molecular weight is 955 g/mol. The Bertz CT molecular complexity index is 4620. The summed E-state index contributed by atoms with van der Waals surface area (Å²) >= 11 is 0. The van der Waals surface area contributed by atoms with Crippen molar-refractivity contribution in [2.45, 2.75) is 0 Å². The van der Waals surface area contributed by atoms with Crippen LogP contribution in [0, 0.1) is 0 Å². The molecule has 0 fully saturated rings. The third-order valence-corrected chi connectivity index (χ3v) is 15.3. The van der Waals surface area contributed by atoms with Gasteiger partial charge in [-0.3, -0.25) is 4.98 Å². The topological polar surface area (TPSA) is 24.3 Å². The molecule has 15 aromatic rings. The van der Waals surface area contributed by atoms with Gasteiger partial charge in [0.1, 0.15) is 0 Å². The van der Waals surface area contributed by atoms with Gasteiger partial charge >= 0.3 is 0 Å². The molecule has 0 aliphatic carbocycles. The molecular weight excluding hydrogens is 909 g/mol. The van der Waals surface area contributed by atoms with Crippen molar-refractivity contribution < 1.29 is 0 Å². The van der Waals surface area contributed by atoms with Crippen molar-refractivity contribution >= 4 is 121 Å². The normalized spacial score (nSPS) is 11.7. The molecule has 2 aromatic heterocycles. The van der Waals surface area contributed by atoms with Crippen molar-refractivity contribution in [2.75, 3.05) is 9.80 Å². The van der Waals surface area contributed by atoms with Crippen LogP contribution in [0.4, 0.5) is 34.1 Å². The fourth-order valence-corrected chi connectivity index (χ4v) is 11.8. The number of pyridine rings is 1. The van der Waals surface area contributed by atoms with Gasteiger partial charge in [-0.2, -0.15) is 0 Å². The van der Waals surface area contributed by atoms with Gasteiger partial charge in [0, 0.05) is 62.2 Å². The molecule has 0 bridgehead atoms. The van der Waals surface area contributed by atoms with Crippen molar-refractivity contribution in [1.82, 2.24) is 9.55 Å². The van der Waals surface area contributed by atoms with Crippen LogP contribution in [0.2, 0.25) is 0 Å². The molecule has 0 atom stereocenters. The van der Waals surface area contributed by atoms with E-state index < -0.39 is 0 Å². The Kier molecular flexibility index (Phi) is 9.85. The summed E-state index contributed by atoms with van der Waals surface area (Å²) in [5.74, 6) is 0. The average Bonchev–Trinajstić information content (AvgIpc) is 3.82. The van der Waals surface area contributed by atoms with Crippen LogP contribution >= 0.6 is 0 Å². The molecule has 15 rings (SSSR count). The number of rotatable bonds is 8. The van der Waals surface area contributed by atoms with Gasteiger partial charge in [0.15, 0.2) is 0 Å². The Balaban J connectivity index is 1.02. The highest BCUT2D eigenvalue weighted by Gasteiger charge is 2.21. The van der Waals surface area contributed by atoms with Crippen molar-refractivity contribution in [3.05, 3.63) is 279 Å². The Morgan fingerprint density at radius 1 is 0.267 bits per heavy atom. The lowest BCUT2D eigenvalue weighted by molar-refractivity contribution is 1.19. The smallest absolute Gasteiger partial charge is 0.0708 e. The monoisotopic (exact) mass is 954 g/mol. The maximum Gasteiger partial charge on any atom is 0.0708 e. The molecular formula is C71H46N4. The van der Waals surface area contributed by atoms with Gasteiger partial charge in [0.2, 0.25) is 0 Å². The van der Waals surface area contributed by atoms with E-state index in [9.17, 15) is 0 Å². The van der Waals surface area contributed by atoms with Crippen LogP contribution in [-0.4, -0.2) is 9.55 Å². The highest BCUT2D eigenvalue weighted by Crippen LogP contribution is 2.47. The van der Waals surface area contributed by atoms with Gasteiger partial charge < -0.3 is 14.4 Å². The molecule has 0 saturated heterocycles. The molecule has 0 amide bonds. The summed E-state index contributed by atoms with van der Waals surface area (Å²) in [4.78, 5) is 9.46. The van der Waals surface area contributed by atoms with Gasteiger partial charge in [0.05, 0.1) is 16.6 Å². The summed E-state index contributed by atoms with van der Waals surface area (Å²) in [6, 6.07) is 99.8. The first-order chi connectivity index (χ1) is 37.2. The van der Waals surface area contributed by atoms with Crippen molar-refractivity contribution in [1.29, 1.82) is 0 Å². The Labute approximate surface area is 433 Å². The zero-order valence-electron chi connectivity index (χ0n) is 40.8. The Morgan fingerprint density at radius 2 is 0.760 bits per heavy atom. The minimum Gasteiger partial charge on any atom is -0.310 e. The quantitative estimate of drug-likeness (QED) is 0.112. The molecule has 75 heavy (non-hydrogen) atoms. The summed E-state index contributed by atoms with van der Waals surface area (Å²) in [6.07, 6.45) is 1.87. The zero-order chi connectivity index (χ0) is 49.4. The number of para-hydroxylation sites is 4. The number of fused-ring (bicyclic) bond motifs is 13. The first kappa shape index (κ1) is 42.6. The number of hydrogen-bond donors (Lipinski definition) is 0. The van der Waals surface area contributed by atoms with E-state index in [1.54, 1.807) is 0 Å². The number of anilines is 6. The number of benzene rings is 13. The Morgan fingerprint density at radius 3 is 1.39 bits per heavy atom. The maximum atomic E-state index is 4.73. The molecule has 0 aliphatic rings. The molecule has 0 N–H and O–H groups in total. The molecule has 0 unspecified atom stereocenters. The van der Waals surface area contributed by atoms with Crippen LogP contribution < -0.4 is 9.80 Å². The SMILES string of the molecule is c1ccc(N(c2ccccc2)c2ccc3c(c2)c2cc(N(c4ccccc4)c4ccccc4)ccc2c2cc4c(ccc5c4c4ccc(-c6ccc7cccnc7c6)cc4n5-c4ccc5ccccc5c4)cc32)cc1. The van der Waals surface area contributed by atoms with Crippen molar-refractivity contribution in [3.8, 4) is 16.8 Å². The first-order valence-corrected chi connectivity index (χ1v) is 25.7. The fraction of sp³-hybridized carbons (Fsp3) is 0. The highest BCUT2D eigenvalue weighted by molar-refractivity contribution is 6.31. The summed E-state index contributed by atoms with van der Waals surface area (Å²) in [5, 5.41) is 15.7. The second-order valence-corrected chi connectivity index (χ2v) is 19.6. The molecule has 0 saturated carbocycles. The first-order valence-electron chi connectivity index (χ1n) is 25.7. The van der Waals surface area contributed by atoms with E-state index in [2.05, 4.69) is 281 Å². The minimum atomic E-state index is 0.990. The van der Waals surface area contributed by atoms with E-state index in [1.165, 1.54) is 70.2 Å². The lowest BCUT2D eigenvalue weighted by Gasteiger charge is -2.27. The van der Waals surface area contributed by atoms with Gasteiger partial charge in [-0.15, -0.1) is 0 Å². The van der Waals surface area contributed by atoms with Gasteiger partial charge in [-0.25, -0.2) is 0 Å². The number of nitrogens with zero attached hydrogens (tertiary/aromatic N) is 4. The standard InChI is InChI=1S/C71H46N4/c1-5-19-53(20-6-1)73(54-21-7-2-8-22-54)58-33-36-60-64-41-52-31-38-69-71(63(52)46-67(64)61-37-34-59(45-66(61)65(60)44-58)74(55-23-9-3-10-24-55)56-25-11-4-12-26-56)62-35-30-51(50-28-27-48-18-15-39-72-68(48)42-50)43-70(62)75(69)57-32-29-47-16-13-14-17-49(47)40-57/h1-46H. The molecule has 4 heteroatoms. The van der Waals surface area contributed by atoms with E-state index in [4.69, 9.17) is 4.98 Å². The third kappa shape index (κ3) is 7.10. The Hall–Kier alpha value is -10.0. The van der Waals surface area contributed by atoms with E-state index >= 15 is 0 Å². The van der Waals surface area contributed by atoms with E-state index in [0.29, 0.717) is 0 Å². The zero-order valence-corrected chi connectivity index (χ0v) is 40.8. The predicted molar refractivity (Wildman–Crippen MR) is 318 cm³/mol. The number of hydrogen-bond acceptors (Lipinski definition) is 3. The summed E-state index contributed by atoms with van der Waals surface area (Å²) < 4.78 is 2.48. The van der Waals surface area contributed by atoms with Crippen molar-refractivity contribution in [2.24, 2.45) is 0 Å². The summed E-state index contributed by atoms with van der Waals surface area (Å²) in [5.41, 5.74) is 13.3. The molecule has 350 valence electrons. The fourth-order valence-electron chi connectivity index (χ4n) is 11.8. The van der Waals surface area contributed by atoms with Gasteiger partial charge in [-0.05, 0) is 186 Å². The summed E-state index contributed by atoms with van der Waals surface area (Å²) in [7, 11) is 0. The molecule has 0 radical (unpaired) electrons. The molecule has 0 aliphatic heterocycles. The molecule has 0 spiro atoms. The summed E-state index contributed by atoms with van der Waals surface area (Å²) in [6.45, 7) is 0. The van der Waals surface area contributed by atoms with Crippen molar-refractivity contribution in [3.63, 3.8) is 0 Å². The van der Waals surface area contributed by atoms with E-state index in [0.717, 1.165) is 67.4 Å². The maximum absolute atomic E-state index is 4.73. The van der Waals surface area contributed by atoms with Crippen LogP contribution in [-0.2, 0) is 0 Å².